The molecule has 4 N–H and O–H groups in total. The minimum atomic E-state index is 0.451. The smallest absolute Gasteiger partial charge is 0.160 e. The zero-order chi connectivity index (χ0) is 18.4. The quantitative estimate of drug-likeness (QED) is 0.578. The van der Waals surface area contributed by atoms with Gasteiger partial charge in [-0.3, -0.25) is 0 Å². The fourth-order valence-corrected chi connectivity index (χ4v) is 2.60. The van der Waals surface area contributed by atoms with Crippen LogP contribution in [0.15, 0.2) is 48.9 Å². The number of pyridine rings is 1. The van der Waals surface area contributed by atoms with Crippen LogP contribution in [0.1, 0.15) is 30.9 Å². The average Bonchev–Trinajstić information content (AvgIpc) is 2.66. The van der Waals surface area contributed by atoms with Gasteiger partial charge in [0.1, 0.15) is 17.8 Å². The molecule has 0 saturated heterocycles. The van der Waals surface area contributed by atoms with Gasteiger partial charge in [-0.25, -0.2) is 15.0 Å². The molecule has 0 fully saturated rings. The zero-order valence-electron chi connectivity index (χ0n) is 15.2. The molecule has 0 atom stereocenters. The van der Waals surface area contributed by atoms with Crippen molar-refractivity contribution in [1.29, 1.82) is 0 Å². The van der Waals surface area contributed by atoms with Crippen molar-refractivity contribution in [3.05, 3.63) is 60.0 Å². The predicted molar refractivity (Wildman–Crippen MR) is 107 cm³/mol. The summed E-state index contributed by atoms with van der Waals surface area (Å²) >= 11 is 0. The van der Waals surface area contributed by atoms with E-state index in [9.17, 15) is 0 Å². The molecule has 0 aliphatic carbocycles. The number of nitrogens with zero attached hydrogens (tertiary/aromatic N) is 3. The number of anilines is 5. The molecule has 6 heteroatoms. The lowest BCUT2D eigenvalue weighted by Gasteiger charge is -2.13. The number of hydrogen-bond donors (Lipinski definition) is 3. The molecular weight excluding hydrogens is 324 g/mol. The molecule has 1 aromatic carbocycles. The predicted octanol–water partition coefficient (Wildman–Crippen LogP) is 4.59. The van der Waals surface area contributed by atoms with Crippen LogP contribution >= 0.6 is 0 Å². The Morgan fingerprint density at radius 2 is 1.65 bits per heavy atom. The summed E-state index contributed by atoms with van der Waals surface area (Å²) < 4.78 is 0. The molecule has 0 aliphatic rings. The molecule has 0 unspecified atom stereocenters. The molecule has 0 amide bonds. The van der Waals surface area contributed by atoms with Crippen LogP contribution in [0.5, 0.6) is 0 Å². The third kappa shape index (κ3) is 4.27. The summed E-state index contributed by atoms with van der Waals surface area (Å²) in [6.07, 6.45) is 6.71. The largest absolute Gasteiger partial charge is 0.393 e. The Morgan fingerprint density at radius 1 is 0.923 bits per heavy atom. The summed E-state index contributed by atoms with van der Waals surface area (Å²) in [5.41, 5.74) is 9.99. The van der Waals surface area contributed by atoms with Crippen molar-refractivity contribution in [2.24, 2.45) is 0 Å². The van der Waals surface area contributed by atoms with E-state index < -0.39 is 0 Å². The monoisotopic (exact) mass is 348 g/mol. The van der Waals surface area contributed by atoms with Crippen molar-refractivity contribution >= 4 is 28.8 Å². The Kier molecular flexibility index (Phi) is 5.63. The van der Waals surface area contributed by atoms with Gasteiger partial charge in [-0.2, -0.15) is 0 Å². The van der Waals surface area contributed by atoms with Gasteiger partial charge in [-0.15, -0.1) is 0 Å². The highest BCUT2D eigenvalue weighted by Crippen LogP contribution is 2.28. The van der Waals surface area contributed by atoms with Crippen molar-refractivity contribution < 1.29 is 0 Å². The normalized spacial score (nSPS) is 10.5. The van der Waals surface area contributed by atoms with Gasteiger partial charge >= 0.3 is 0 Å². The van der Waals surface area contributed by atoms with E-state index in [0.29, 0.717) is 17.3 Å². The Morgan fingerprint density at radius 3 is 2.35 bits per heavy atom. The summed E-state index contributed by atoms with van der Waals surface area (Å²) in [7, 11) is 0. The maximum absolute atomic E-state index is 6.25. The van der Waals surface area contributed by atoms with Gasteiger partial charge in [0.15, 0.2) is 11.6 Å². The first kappa shape index (κ1) is 17.7. The molecule has 2 heterocycles. The lowest BCUT2D eigenvalue weighted by atomic mass is 10.1. The van der Waals surface area contributed by atoms with Crippen molar-refractivity contribution in [2.75, 3.05) is 16.4 Å². The molecule has 6 nitrogen and oxygen atoms in total. The SMILES string of the molecule is CCCCc1ccc(Nc2ncnc(Nc3ncccc3C)c2N)cc1. The Labute approximate surface area is 153 Å². The molecular formula is C20H24N6. The minimum Gasteiger partial charge on any atom is -0.393 e. The highest BCUT2D eigenvalue weighted by molar-refractivity contribution is 5.80. The highest BCUT2D eigenvalue weighted by atomic mass is 15.1. The Balaban J connectivity index is 1.76. The van der Waals surface area contributed by atoms with Crippen molar-refractivity contribution in [2.45, 2.75) is 33.1 Å². The van der Waals surface area contributed by atoms with E-state index in [1.807, 2.05) is 31.2 Å². The molecule has 3 aromatic rings. The van der Waals surface area contributed by atoms with E-state index in [1.165, 1.54) is 24.7 Å². The summed E-state index contributed by atoms with van der Waals surface area (Å²) in [5, 5.41) is 6.43. The molecule has 0 spiro atoms. The number of nitrogen functional groups attached to an aromatic ring is 1. The number of unbranched alkanes of at least 4 members (excludes halogenated alkanes) is 1. The van der Waals surface area contributed by atoms with Gasteiger partial charge in [-0.05, 0) is 49.1 Å². The van der Waals surface area contributed by atoms with Crippen LogP contribution in [-0.2, 0) is 6.42 Å². The van der Waals surface area contributed by atoms with Crippen LogP contribution in [0.2, 0.25) is 0 Å². The summed E-state index contributed by atoms with van der Waals surface area (Å²) in [6, 6.07) is 12.2. The van der Waals surface area contributed by atoms with Crippen LogP contribution < -0.4 is 16.4 Å². The summed E-state index contributed by atoms with van der Waals surface area (Å²) in [5.74, 6) is 1.82. The second kappa shape index (κ2) is 8.29. The van der Waals surface area contributed by atoms with Crippen LogP contribution in [0, 0.1) is 6.92 Å². The first-order valence-corrected chi connectivity index (χ1v) is 8.82. The number of nitrogens with one attached hydrogen (secondary N) is 2. The molecule has 0 bridgehead atoms. The highest BCUT2D eigenvalue weighted by Gasteiger charge is 2.10. The third-order valence-electron chi connectivity index (χ3n) is 4.17. The maximum atomic E-state index is 6.25. The van der Waals surface area contributed by atoms with Gasteiger partial charge < -0.3 is 16.4 Å². The first-order valence-electron chi connectivity index (χ1n) is 8.82. The Bertz CT molecular complexity index is 860. The zero-order valence-corrected chi connectivity index (χ0v) is 15.2. The number of rotatable bonds is 7. The van der Waals surface area contributed by atoms with Gasteiger partial charge in [0.25, 0.3) is 0 Å². The number of aryl methyl sites for hydroxylation is 2. The van der Waals surface area contributed by atoms with Crippen LogP contribution in [0.4, 0.5) is 28.8 Å². The molecule has 3 rings (SSSR count). The van der Waals surface area contributed by atoms with E-state index in [1.54, 1.807) is 6.20 Å². The van der Waals surface area contributed by atoms with Gasteiger partial charge in [0.05, 0.1) is 0 Å². The van der Waals surface area contributed by atoms with Crippen LogP contribution in [0.3, 0.4) is 0 Å². The maximum Gasteiger partial charge on any atom is 0.160 e. The molecule has 26 heavy (non-hydrogen) atoms. The molecule has 2 aromatic heterocycles. The number of hydrogen-bond acceptors (Lipinski definition) is 6. The Hall–Kier alpha value is -3.15. The molecule has 0 saturated carbocycles. The second-order valence-corrected chi connectivity index (χ2v) is 6.20. The topological polar surface area (TPSA) is 88.8 Å². The summed E-state index contributed by atoms with van der Waals surface area (Å²) in [6.45, 7) is 4.18. The fraction of sp³-hybridized carbons (Fsp3) is 0.250. The number of aromatic nitrogens is 3. The summed E-state index contributed by atoms with van der Waals surface area (Å²) in [4.78, 5) is 12.8. The van der Waals surface area contributed by atoms with Gasteiger partial charge in [0, 0.05) is 11.9 Å². The van der Waals surface area contributed by atoms with Crippen molar-refractivity contribution in [3.63, 3.8) is 0 Å². The van der Waals surface area contributed by atoms with Crippen LogP contribution in [-0.4, -0.2) is 15.0 Å². The van der Waals surface area contributed by atoms with E-state index in [2.05, 4.69) is 44.6 Å². The van der Waals surface area contributed by atoms with E-state index in [-0.39, 0.29) is 0 Å². The fourth-order valence-electron chi connectivity index (χ4n) is 2.60. The second-order valence-electron chi connectivity index (χ2n) is 6.20. The number of nitrogens with two attached hydrogens (primary N) is 1. The average molecular weight is 348 g/mol. The third-order valence-corrected chi connectivity index (χ3v) is 4.17. The standard InChI is InChI=1S/C20H24N6/c1-3-4-7-15-8-10-16(11-9-15)25-19-17(21)20(24-13-23-19)26-18-14(2)6-5-12-22-18/h5-6,8-13H,3-4,7,21H2,1-2H3,(H2,22,23,24,25,26). The minimum absolute atomic E-state index is 0.451. The van der Waals surface area contributed by atoms with Gasteiger partial charge in [-0.1, -0.05) is 31.5 Å². The van der Waals surface area contributed by atoms with E-state index >= 15 is 0 Å². The molecule has 134 valence electrons. The van der Waals surface area contributed by atoms with Crippen molar-refractivity contribution in [3.8, 4) is 0 Å². The lowest BCUT2D eigenvalue weighted by molar-refractivity contribution is 0.795. The van der Waals surface area contributed by atoms with Crippen molar-refractivity contribution in [1.82, 2.24) is 15.0 Å². The van der Waals surface area contributed by atoms with Crippen LogP contribution in [0.25, 0.3) is 0 Å². The molecule has 0 radical (unpaired) electrons. The molecule has 0 aliphatic heterocycles. The van der Waals surface area contributed by atoms with E-state index in [4.69, 9.17) is 5.73 Å². The number of benzene rings is 1. The van der Waals surface area contributed by atoms with Gasteiger partial charge in [0.2, 0.25) is 0 Å². The lowest BCUT2D eigenvalue weighted by Crippen LogP contribution is -2.06. The van der Waals surface area contributed by atoms with E-state index in [0.717, 1.165) is 23.5 Å². The first-order chi connectivity index (χ1) is 12.7.